The number of amides is 3. The highest BCUT2D eigenvalue weighted by molar-refractivity contribution is 6.35. The Morgan fingerprint density at radius 3 is 2.22 bits per heavy atom. The van der Waals surface area contributed by atoms with Gasteiger partial charge < -0.3 is 33.5 Å². The van der Waals surface area contributed by atoms with E-state index in [9.17, 15) is 9.59 Å². The Bertz CT molecular complexity index is 1820. The molecule has 1 unspecified atom stereocenters. The first kappa shape index (κ1) is 35.1. The number of imide groups is 1. The van der Waals surface area contributed by atoms with Crippen molar-refractivity contribution in [2.45, 2.75) is 51.2 Å². The second-order valence-electron chi connectivity index (χ2n) is 13.1. The smallest absolute Gasteiger partial charge is 0.332 e. The van der Waals surface area contributed by atoms with Crippen molar-refractivity contribution >= 4 is 52.2 Å². The van der Waals surface area contributed by atoms with E-state index in [0.717, 1.165) is 56.1 Å². The number of rotatable bonds is 12. The van der Waals surface area contributed by atoms with Crippen molar-refractivity contribution in [3.63, 3.8) is 0 Å². The number of halogens is 2. The predicted octanol–water partition coefficient (Wildman–Crippen LogP) is 6.82. The van der Waals surface area contributed by atoms with Gasteiger partial charge in [0.25, 0.3) is 5.91 Å². The van der Waals surface area contributed by atoms with E-state index in [1.807, 2.05) is 53.2 Å². The van der Waals surface area contributed by atoms with Gasteiger partial charge in [0.1, 0.15) is 24.5 Å². The highest BCUT2D eigenvalue weighted by Gasteiger charge is 2.46. The third-order valence-electron chi connectivity index (χ3n) is 9.78. The molecule has 0 N–H and O–H groups in total. The molecule has 0 spiro atoms. The zero-order valence-electron chi connectivity index (χ0n) is 28.8. The molecular weight excluding hydrogens is 691 g/mol. The van der Waals surface area contributed by atoms with Gasteiger partial charge in [-0.1, -0.05) is 42.6 Å². The monoisotopic (exact) mass is 732 g/mol. The van der Waals surface area contributed by atoms with Gasteiger partial charge in [-0.25, -0.2) is 14.7 Å². The number of ether oxygens (including phenoxy) is 3. The Hall–Kier alpha value is -4.29. The van der Waals surface area contributed by atoms with Crippen LogP contribution < -0.4 is 19.4 Å². The molecule has 3 atom stereocenters. The number of aromatic nitrogens is 2. The Balaban J connectivity index is 0.914. The van der Waals surface area contributed by atoms with Crippen LogP contribution in [0.15, 0.2) is 85.5 Å². The van der Waals surface area contributed by atoms with E-state index in [1.165, 1.54) is 4.90 Å². The van der Waals surface area contributed by atoms with Gasteiger partial charge in [0.2, 0.25) is 5.79 Å². The second-order valence-corrected chi connectivity index (χ2v) is 14.0. The van der Waals surface area contributed by atoms with Crippen LogP contribution in [0.25, 0.3) is 0 Å². The normalized spacial score (nSPS) is 22.4. The maximum Gasteiger partial charge on any atom is 0.332 e. The molecule has 3 aliphatic heterocycles. The van der Waals surface area contributed by atoms with Crippen molar-refractivity contribution in [1.29, 1.82) is 0 Å². The molecule has 7 rings (SSSR count). The number of urea groups is 1. The Kier molecular flexibility index (Phi) is 10.4. The molecule has 0 bridgehead atoms. The van der Waals surface area contributed by atoms with Crippen molar-refractivity contribution < 1.29 is 23.8 Å². The van der Waals surface area contributed by atoms with Crippen LogP contribution in [0.3, 0.4) is 0 Å². The Labute approximate surface area is 308 Å². The fourth-order valence-corrected chi connectivity index (χ4v) is 7.47. The van der Waals surface area contributed by atoms with Crippen LogP contribution >= 0.6 is 23.2 Å². The first-order valence-corrected chi connectivity index (χ1v) is 18.2. The average Bonchev–Trinajstić information content (AvgIpc) is 3.86. The second kappa shape index (κ2) is 15.1. The number of piperazine rings is 1. The zero-order chi connectivity index (χ0) is 35.5. The van der Waals surface area contributed by atoms with E-state index in [1.54, 1.807) is 36.5 Å². The quantitative estimate of drug-likeness (QED) is 0.147. The standard InChI is InChI=1S/C38H42Cl2N6O5/c1-3-4-16-45-27(2)36(47)46(37(45)48)31-8-6-29(7-9-31)43-18-20-44(21-19-43)30-10-12-32(13-11-30)49-23-33-24-50-38(51-33,25-42-17-15-41-26-42)34-14-5-28(39)22-35(34)40/h5-15,17,22,26-27,33H,3-4,16,18-21,23-25H2,1-2H3/t27?,33-,38-/m1/s1. The van der Waals surface area contributed by atoms with Gasteiger partial charge in [0, 0.05) is 67.1 Å². The molecule has 268 valence electrons. The summed E-state index contributed by atoms with van der Waals surface area (Å²) in [5, 5.41) is 1.01. The van der Waals surface area contributed by atoms with Crippen molar-refractivity contribution in [2.75, 3.05) is 60.6 Å². The molecule has 4 aromatic rings. The number of anilines is 3. The third-order valence-corrected chi connectivity index (χ3v) is 10.3. The fourth-order valence-electron chi connectivity index (χ4n) is 6.92. The van der Waals surface area contributed by atoms with E-state index in [-0.39, 0.29) is 18.0 Å². The highest BCUT2D eigenvalue weighted by Crippen LogP contribution is 2.41. The highest BCUT2D eigenvalue weighted by atomic mass is 35.5. The summed E-state index contributed by atoms with van der Waals surface area (Å²) in [6.07, 6.45) is 6.81. The van der Waals surface area contributed by atoms with Crippen LogP contribution in [0.2, 0.25) is 10.0 Å². The lowest BCUT2D eigenvalue weighted by Gasteiger charge is -2.37. The van der Waals surface area contributed by atoms with Crippen LogP contribution in [0.1, 0.15) is 32.3 Å². The summed E-state index contributed by atoms with van der Waals surface area (Å²) in [5.74, 6) is -0.529. The van der Waals surface area contributed by atoms with E-state index in [0.29, 0.717) is 47.6 Å². The fraction of sp³-hybridized carbons (Fsp3) is 0.395. The molecule has 0 saturated carbocycles. The molecule has 11 nitrogen and oxygen atoms in total. The molecule has 13 heteroatoms. The maximum atomic E-state index is 13.0. The van der Waals surface area contributed by atoms with E-state index in [4.69, 9.17) is 37.4 Å². The SMILES string of the molecule is CCCCN1C(=O)N(c2ccc(N3CCN(c4ccc(OC[C@@H]5CO[C@@](Cn6ccnc6)(c6ccc(Cl)cc6Cl)O5)cc4)CC3)cc2)C(=O)C1C. The summed E-state index contributed by atoms with van der Waals surface area (Å²) in [5.41, 5.74) is 3.52. The van der Waals surface area contributed by atoms with Crippen molar-refractivity contribution in [1.82, 2.24) is 14.5 Å². The van der Waals surface area contributed by atoms with Crippen LogP contribution in [0.4, 0.5) is 21.9 Å². The number of hydrogen-bond acceptors (Lipinski definition) is 8. The topological polar surface area (TPSA) is 92.6 Å². The molecule has 51 heavy (non-hydrogen) atoms. The zero-order valence-corrected chi connectivity index (χ0v) is 30.3. The van der Waals surface area contributed by atoms with Gasteiger partial charge in [-0.05, 0) is 74.0 Å². The number of nitrogens with zero attached hydrogens (tertiary/aromatic N) is 6. The summed E-state index contributed by atoms with van der Waals surface area (Å²) < 4.78 is 20.9. The van der Waals surface area contributed by atoms with Gasteiger partial charge >= 0.3 is 6.03 Å². The molecule has 0 radical (unpaired) electrons. The molecule has 3 aromatic carbocycles. The molecule has 0 aliphatic carbocycles. The van der Waals surface area contributed by atoms with Gasteiger partial charge in [-0.3, -0.25) is 4.79 Å². The van der Waals surface area contributed by atoms with E-state index < -0.39 is 11.8 Å². The first-order valence-electron chi connectivity index (χ1n) is 17.4. The summed E-state index contributed by atoms with van der Waals surface area (Å²) in [6, 6.07) is 20.5. The largest absolute Gasteiger partial charge is 0.491 e. The van der Waals surface area contributed by atoms with Crippen LogP contribution in [-0.2, 0) is 26.6 Å². The first-order chi connectivity index (χ1) is 24.7. The number of benzene rings is 3. The van der Waals surface area contributed by atoms with Crippen molar-refractivity contribution in [3.05, 3.63) is 101 Å². The Morgan fingerprint density at radius 2 is 1.59 bits per heavy atom. The molecule has 4 heterocycles. The lowest BCUT2D eigenvalue weighted by molar-refractivity contribution is -0.189. The van der Waals surface area contributed by atoms with E-state index in [2.05, 4.69) is 33.8 Å². The minimum atomic E-state index is -1.11. The molecular formula is C38H42Cl2N6O5. The molecule has 3 amide bonds. The maximum absolute atomic E-state index is 13.0. The number of carbonyl (C=O) groups excluding carboxylic acids is 2. The van der Waals surface area contributed by atoms with Crippen LogP contribution in [-0.4, -0.2) is 84.5 Å². The Morgan fingerprint density at radius 1 is 0.922 bits per heavy atom. The van der Waals surface area contributed by atoms with Gasteiger partial charge in [-0.2, -0.15) is 0 Å². The molecule has 3 saturated heterocycles. The van der Waals surface area contributed by atoms with Gasteiger partial charge in [-0.15, -0.1) is 0 Å². The number of carbonyl (C=O) groups is 2. The summed E-state index contributed by atoms with van der Waals surface area (Å²) in [6.45, 7) is 8.90. The van der Waals surface area contributed by atoms with Gasteiger partial charge in [0.15, 0.2) is 0 Å². The summed E-state index contributed by atoms with van der Waals surface area (Å²) in [7, 11) is 0. The lowest BCUT2D eigenvalue weighted by Crippen LogP contribution is -2.46. The summed E-state index contributed by atoms with van der Waals surface area (Å²) in [4.78, 5) is 37.8. The number of unbranched alkanes of at least 4 members (excludes halogenated alkanes) is 1. The molecule has 3 aliphatic rings. The molecule has 3 fully saturated rings. The van der Waals surface area contributed by atoms with Crippen LogP contribution in [0, 0.1) is 0 Å². The summed E-state index contributed by atoms with van der Waals surface area (Å²) >= 11 is 12.8. The minimum Gasteiger partial charge on any atom is -0.491 e. The van der Waals surface area contributed by atoms with Crippen molar-refractivity contribution in [3.8, 4) is 5.75 Å². The van der Waals surface area contributed by atoms with Crippen molar-refractivity contribution in [2.24, 2.45) is 0 Å². The number of imidazole rings is 1. The van der Waals surface area contributed by atoms with Gasteiger partial charge in [0.05, 0.1) is 30.2 Å². The predicted molar refractivity (Wildman–Crippen MR) is 198 cm³/mol. The van der Waals surface area contributed by atoms with E-state index >= 15 is 0 Å². The third kappa shape index (κ3) is 7.39. The number of hydrogen-bond donors (Lipinski definition) is 0. The van der Waals surface area contributed by atoms with Crippen LogP contribution in [0.5, 0.6) is 5.75 Å². The lowest BCUT2D eigenvalue weighted by atomic mass is 10.1. The minimum absolute atomic E-state index is 0.169. The molecule has 1 aromatic heterocycles. The average molecular weight is 734 g/mol.